The average molecular weight is 343 g/mol. The van der Waals surface area contributed by atoms with Crippen LogP contribution in [0.4, 0.5) is 4.79 Å². The Balaban J connectivity index is 1.77. The second kappa shape index (κ2) is 6.59. The Morgan fingerprint density at radius 1 is 1.21 bits per heavy atom. The largest absolute Gasteiger partial charge is 0.464 e. The van der Waals surface area contributed by atoms with Crippen LogP contribution in [0.2, 0.25) is 0 Å². The minimum Gasteiger partial charge on any atom is -0.464 e. The molecule has 0 aliphatic carbocycles. The molecule has 2 aromatic heterocycles. The molecule has 122 valence electrons. The van der Waals surface area contributed by atoms with Crippen molar-refractivity contribution in [2.75, 3.05) is 0 Å². The van der Waals surface area contributed by atoms with E-state index in [9.17, 15) is 9.59 Å². The van der Waals surface area contributed by atoms with Crippen LogP contribution in [0, 0.1) is 0 Å². The summed E-state index contributed by atoms with van der Waals surface area (Å²) < 4.78 is 4.22. The molecule has 0 spiro atoms. The van der Waals surface area contributed by atoms with Crippen molar-refractivity contribution < 1.29 is 14.7 Å². The van der Waals surface area contributed by atoms with Crippen molar-refractivity contribution in [3.8, 4) is 11.4 Å². The van der Waals surface area contributed by atoms with E-state index in [2.05, 4.69) is 23.1 Å². The molecule has 0 aliphatic heterocycles. The van der Waals surface area contributed by atoms with Gasteiger partial charge in [0.05, 0.1) is 18.4 Å². The third-order valence-corrected chi connectivity index (χ3v) is 3.65. The van der Waals surface area contributed by atoms with Crippen LogP contribution in [0.1, 0.15) is 16.1 Å². The number of thiol groups is 1. The van der Waals surface area contributed by atoms with E-state index in [1.54, 1.807) is 29.3 Å². The Kier molecular flexibility index (Phi) is 4.34. The lowest BCUT2D eigenvalue weighted by Crippen LogP contribution is -2.18. The van der Waals surface area contributed by atoms with E-state index >= 15 is 0 Å². The molecule has 0 saturated heterocycles. The summed E-state index contributed by atoms with van der Waals surface area (Å²) in [5.74, 6) is 0. The molecule has 1 aromatic carbocycles. The van der Waals surface area contributed by atoms with Gasteiger partial charge in [0.2, 0.25) is 0 Å². The van der Waals surface area contributed by atoms with E-state index in [1.165, 1.54) is 0 Å². The lowest BCUT2D eigenvalue weighted by molar-refractivity contribution is 0.112. The van der Waals surface area contributed by atoms with Gasteiger partial charge in [-0.2, -0.15) is 0 Å². The van der Waals surface area contributed by atoms with E-state index in [0.717, 1.165) is 22.0 Å². The lowest BCUT2D eigenvalue weighted by Gasteiger charge is -2.07. The molecule has 0 atom stereocenters. The van der Waals surface area contributed by atoms with Crippen LogP contribution < -0.4 is 0 Å². The van der Waals surface area contributed by atoms with Crippen molar-refractivity contribution in [3.05, 3.63) is 60.2 Å². The molecule has 3 aromatic rings. The van der Waals surface area contributed by atoms with Crippen LogP contribution in [-0.2, 0) is 6.54 Å². The molecule has 2 heterocycles. The number of hydrogen-bond donors (Lipinski definition) is 2. The van der Waals surface area contributed by atoms with Crippen LogP contribution in [0.15, 0.2) is 48.9 Å². The Bertz CT molecular complexity index is 871. The van der Waals surface area contributed by atoms with Gasteiger partial charge in [0, 0.05) is 23.6 Å². The number of rotatable bonds is 5. The van der Waals surface area contributed by atoms with Crippen molar-refractivity contribution in [1.29, 1.82) is 0 Å². The monoisotopic (exact) mass is 343 g/mol. The van der Waals surface area contributed by atoms with Crippen LogP contribution in [0.5, 0.6) is 0 Å². The molecule has 1 amide bonds. The van der Waals surface area contributed by atoms with Gasteiger partial charge in [-0.1, -0.05) is 18.0 Å². The maximum atomic E-state index is 10.7. The molecular weight excluding hydrogens is 330 g/mol. The molecular formula is C15H13N5O3S. The molecule has 0 fully saturated rings. The molecule has 0 radical (unpaired) electrons. The molecule has 0 aliphatic rings. The number of aromatic nitrogens is 4. The summed E-state index contributed by atoms with van der Waals surface area (Å²) in [5, 5.41) is 16.7. The molecule has 0 saturated carbocycles. The lowest BCUT2D eigenvalue weighted by atomic mass is 10.3. The third kappa shape index (κ3) is 3.30. The van der Waals surface area contributed by atoms with Gasteiger partial charge in [0.15, 0.2) is 6.29 Å². The minimum absolute atomic E-state index is 0.0361. The summed E-state index contributed by atoms with van der Waals surface area (Å²) in [4.78, 5) is 21.5. The van der Waals surface area contributed by atoms with Gasteiger partial charge < -0.3 is 9.67 Å². The quantitative estimate of drug-likeness (QED) is 0.547. The van der Waals surface area contributed by atoms with Crippen molar-refractivity contribution in [3.63, 3.8) is 0 Å². The maximum Gasteiger partial charge on any atom is 0.417 e. The Morgan fingerprint density at radius 2 is 1.92 bits per heavy atom. The number of hydrogen-bond acceptors (Lipinski definition) is 5. The van der Waals surface area contributed by atoms with E-state index in [-0.39, 0.29) is 6.54 Å². The summed E-state index contributed by atoms with van der Waals surface area (Å²) in [6.07, 6.45) is 4.83. The highest BCUT2D eigenvalue weighted by Gasteiger charge is 2.11. The first kappa shape index (κ1) is 15.8. The molecule has 8 nitrogen and oxygen atoms in total. The zero-order valence-electron chi connectivity index (χ0n) is 12.4. The summed E-state index contributed by atoms with van der Waals surface area (Å²) in [6.45, 7) is 0.0361. The van der Waals surface area contributed by atoms with Gasteiger partial charge in [-0.05, 0) is 30.3 Å². The van der Waals surface area contributed by atoms with E-state index < -0.39 is 6.09 Å². The predicted octanol–water partition coefficient (Wildman–Crippen LogP) is 2.20. The molecule has 24 heavy (non-hydrogen) atoms. The topological polar surface area (TPSA) is 93.2 Å². The van der Waals surface area contributed by atoms with E-state index in [4.69, 9.17) is 5.11 Å². The van der Waals surface area contributed by atoms with Crippen LogP contribution in [-0.4, -0.2) is 41.4 Å². The smallest absolute Gasteiger partial charge is 0.417 e. The summed E-state index contributed by atoms with van der Waals surface area (Å²) in [5.41, 5.74) is 2.77. The van der Waals surface area contributed by atoms with Gasteiger partial charge in [0.25, 0.3) is 0 Å². The first-order chi connectivity index (χ1) is 11.6. The second-order valence-electron chi connectivity index (χ2n) is 4.98. The van der Waals surface area contributed by atoms with Gasteiger partial charge >= 0.3 is 6.09 Å². The van der Waals surface area contributed by atoms with Crippen molar-refractivity contribution in [2.24, 2.45) is 0 Å². The van der Waals surface area contributed by atoms with Gasteiger partial charge in [-0.25, -0.2) is 13.8 Å². The highest BCUT2D eigenvalue weighted by molar-refractivity contribution is 7.78. The van der Waals surface area contributed by atoms with Gasteiger partial charge in [0.1, 0.15) is 5.69 Å². The normalized spacial score (nSPS) is 10.5. The fraction of sp³-hybridized carbons (Fsp3) is 0.0667. The zero-order valence-corrected chi connectivity index (χ0v) is 13.2. The van der Waals surface area contributed by atoms with Gasteiger partial charge in [-0.3, -0.25) is 4.79 Å². The minimum atomic E-state index is -1.15. The number of amides is 1. The van der Waals surface area contributed by atoms with Gasteiger partial charge in [-0.15, -0.1) is 5.10 Å². The number of nitrogens with zero attached hydrogens (tertiary/aromatic N) is 5. The molecule has 0 unspecified atom stereocenters. The number of benzene rings is 1. The van der Waals surface area contributed by atoms with Crippen LogP contribution in [0.25, 0.3) is 11.4 Å². The van der Waals surface area contributed by atoms with Crippen LogP contribution >= 0.6 is 12.8 Å². The van der Waals surface area contributed by atoms with Crippen molar-refractivity contribution in [2.45, 2.75) is 6.54 Å². The fourth-order valence-corrected chi connectivity index (χ4v) is 2.28. The number of carboxylic acid groups (broad SMARTS) is 1. The third-order valence-electron chi connectivity index (χ3n) is 3.34. The summed E-state index contributed by atoms with van der Waals surface area (Å²) in [7, 11) is 0. The molecule has 0 bridgehead atoms. The molecule has 9 heteroatoms. The first-order valence-corrected chi connectivity index (χ1v) is 7.31. The second-order valence-corrected chi connectivity index (χ2v) is 5.46. The molecule has 3 rings (SSSR count). The number of carbonyl (C=O) groups excluding carboxylic acids is 1. The highest BCUT2D eigenvalue weighted by Crippen LogP contribution is 2.14. The highest BCUT2D eigenvalue weighted by atomic mass is 32.1. The SMILES string of the molecule is O=Cc1ccn(-c2ccc(-n3cc(CN(S)C(=O)O)nn3)cc2)c1. The van der Waals surface area contributed by atoms with Crippen molar-refractivity contribution >= 4 is 25.2 Å². The Morgan fingerprint density at radius 3 is 2.54 bits per heavy atom. The number of carbonyl (C=O) groups is 2. The first-order valence-electron chi connectivity index (χ1n) is 6.91. The number of aldehydes is 1. The predicted molar refractivity (Wildman–Crippen MR) is 88.6 cm³/mol. The van der Waals surface area contributed by atoms with Crippen molar-refractivity contribution in [1.82, 2.24) is 23.9 Å². The average Bonchev–Trinajstić information content (AvgIpc) is 3.24. The summed E-state index contributed by atoms with van der Waals surface area (Å²) in [6, 6.07) is 9.20. The fourth-order valence-electron chi connectivity index (χ4n) is 2.14. The van der Waals surface area contributed by atoms with Crippen LogP contribution in [0.3, 0.4) is 0 Å². The zero-order chi connectivity index (χ0) is 17.1. The standard InChI is InChI=1S/C15H13N5O3S/c21-10-11-5-6-18(7-11)13-1-3-14(4-2-13)19-8-12(16-17-19)9-20(24)15(22)23/h1-8,10,24H,9H2,(H,22,23). The van der Waals surface area contributed by atoms with E-state index in [1.807, 2.05) is 28.8 Å². The Hall–Kier alpha value is -3.07. The maximum absolute atomic E-state index is 10.7. The summed E-state index contributed by atoms with van der Waals surface area (Å²) >= 11 is 3.83. The van der Waals surface area contributed by atoms with E-state index in [0.29, 0.717) is 11.3 Å². The Labute approximate surface area is 142 Å². The molecule has 1 N–H and O–H groups in total.